The van der Waals surface area contributed by atoms with Gasteiger partial charge in [0.15, 0.2) is 0 Å². The maximum atomic E-state index is 11.1. The van der Waals surface area contributed by atoms with Gasteiger partial charge < -0.3 is 14.8 Å². The number of Topliss-reactive ketones (excluding diaryl/α,β-unsaturated/α-hetero) is 1. The number of hydrogen-bond donors (Lipinski definition) is 1. The van der Waals surface area contributed by atoms with Crippen LogP contribution in [-0.4, -0.2) is 40.9 Å². The maximum absolute atomic E-state index is 11.1. The van der Waals surface area contributed by atoms with E-state index in [9.17, 15) is 14.7 Å². The Kier molecular flexibility index (Phi) is 11.9. The number of aliphatic hydroxyl groups excluding tert-OH is 1. The van der Waals surface area contributed by atoms with Crippen molar-refractivity contribution in [3.8, 4) is 0 Å². The van der Waals surface area contributed by atoms with Gasteiger partial charge in [0.05, 0.1) is 6.10 Å². The molecule has 3 unspecified atom stereocenters. The van der Waals surface area contributed by atoms with Gasteiger partial charge in [0.2, 0.25) is 5.91 Å². The minimum absolute atomic E-state index is 0.214. The van der Waals surface area contributed by atoms with Crippen molar-refractivity contribution in [1.82, 2.24) is 4.90 Å². The molecule has 30 heavy (non-hydrogen) atoms. The summed E-state index contributed by atoms with van der Waals surface area (Å²) in [6.45, 7) is 14.1. The number of carbonyl (C=O) groups excluding carboxylic acids is 2. The minimum atomic E-state index is -0.214. The van der Waals surface area contributed by atoms with E-state index in [4.69, 9.17) is 0 Å². The van der Waals surface area contributed by atoms with E-state index in [0.717, 1.165) is 32.4 Å². The van der Waals surface area contributed by atoms with Gasteiger partial charge in [-0.3, -0.25) is 4.79 Å². The van der Waals surface area contributed by atoms with Crippen molar-refractivity contribution in [2.45, 2.75) is 98.5 Å². The highest BCUT2D eigenvalue weighted by molar-refractivity contribution is 5.76. The van der Waals surface area contributed by atoms with Gasteiger partial charge in [0, 0.05) is 25.9 Å². The lowest BCUT2D eigenvalue weighted by Crippen LogP contribution is -2.26. The highest BCUT2D eigenvalue weighted by Crippen LogP contribution is 2.29. The number of carbonyl (C=O) groups is 2. The Morgan fingerprint density at radius 3 is 2.30 bits per heavy atom. The summed E-state index contributed by atoms with van der Waals surface area (Å²) in [5.41, 5.74) is 3.89. The number of nitrogens with zero attached hydrogens (tertiary/aromatic N) is 1. The van der Waals surface area contributed by atoms with Crippen LogP contribution in [-0.2, 0) is 16.0 Å². The van der Waals surface area contributed by atoms with E-state index in [0.29, 0.717) is 30.6 Å². The molecule has 1 fully saturated rings. The average molecular weight is 418 g/mol. The first-order valence-corrected chi connectivity index (χ1v) is 11.7. The van der Waals surface area contributed by atoms with E-state index in [1.807, 2.05) is 18.7 Å². The molecule has 0 radical (unpaired) electrons. The van der Waals surface area contributed by atoms with Crippen molar-refractivity contribution < 1.29 is 14.7 Å². The van der Waals surface area contributed by atoms with Crippen LogP contribution in [0.2, 0.25) is 0 Å². The first-order valence-electron chi connectivity index (χ1n) is 11.7. The molecule has 1 aromatic carbocycles. The van der Waals surface area contributed by atoms with Gasteiger partial charge in [0.1, 0.15) is 5.78 Å². The summed E-state index contributed by atoms with van der Waals surface area (Å²) < 4.78 is 0. The van der Waals surface area contributed by atoms with Crippen LogP contribution >= 0.6 is 0 Å². The molecule has 4 nitrogen and oxygen atoms in total. The molecule has 1 heterocycles. The van der Waals surface area contributed by atoms with E-state index in [-0.39, 0.29) is 11.9 Å². The summed E-state index contributed by atoms with van der Waals surface area (Å²) in [7, 11) is 0. The minimum Gasteiger partial charge on any atom is -0.393 e. The molecule has 2 rings (SSSR count). The predicted octanol–water partition coefficient (Wildman–Crippen LogP) is 5.44. The van der Waals surface area contributed by atoms with E-state index in [2.05, 4.69) is 39.0 Å². The van der Waals surface area contributed by atoms with E-state index in [1.165, 1.54) is 29.5 Å². The molecular weight excluding hydrogens is 374 g/mol. The van der Waals surface area contributed by atoms with Gasteiger partial charge in [-0.1, -0.05) is 45.9 Å². The first kappa shape index (κ1) is 26.4. The summed E-state index contributed by atoms with van der Waals surface area (Å²) >= 11 is 0. The van der Waals surface area contributed by atoms with Crippen LogP contribution in [0, 0.1) is 12.8 Å². The second kappa shape index (κ2) is 13.6. The summed E-state index contributed by atoms with van der Waals surface area (Å²) in [5.74, 6) is 1.29. The highest BCUT2D eigenvalue weighted by Gasteiger charge is 2.18. The number of aryl methyl sites for hydroxylation is 2. The third kappa shape index (κ3) is 8.99. The van der Waals surface area contributed by atoms with E-state index in [1.54, 1.807) is 6.92 Å². The number of likely N-dealkylation sites (tertiary alicyclic amines) is 1. The maximum Gasteiger partial charge on any atom is 0.222 e. The summed E-state index contributed by atoms with van der Waals surface area (Å²) in [4.78, 5) is 24.0. The zero-order chi connectivity index (χ0) is 22.7. The van der Waals surface area contributed by atoms with Gasteiger partial charge in [-0.15, -0.1) is 0 Å². The number of benzene rings is 1. The molecule has 1 amide bonds. The Morgan fingerprint density at radius 1 is 1.13 bits per heavy atom. The van der Waals surface area contributed by atoms with Crippen molar-refractivity contribution in [3.63, 3.8) is 0 Å². The third-order valence-corrected chi connectivity index (χ3v) is 6.20. The molecule has 4 heteroatoms. The van der Waals surface area contributed by atoms with Crippen LogP contribution in [0.4, 0.5) is 0 Å². The van der Waals surface area contributed by atoms with Gasteiger partial charge in [0.25, 0.3) is 0 Å². The molecule has 0 spiro atoms. The number of rotatable bonds is 9. The fraction of sp³-hybridized carbons (Fsp3) is 0.692. The summed E-state index contributed by atoms with van der Waals surface area (Å²) in [6.07, 6.45) is 6.09. The average Bonchev–Trinajstić information content (AvgIpc) is 3.27. The lowest BCUT2D eigenvalue weighted by molar-refractivity contribution is -0.129. The summed E-state index contributed by atoms with van der Waals surface area (Å²) in [5, 5.41) is 9.95. The van der Waals surface area contributed by atoms with Crippen molar-refractivity contribution in [3.05, 3.63) is 34.9 Å². The molecule has 1 aliphatic heterocycles. The third-order valence-electron chi connectivity index (χ3n) is 6.20. The zero-order valence-electron chi connectivity index (χ0n) is 20.0. The van der Waals surface area contributed by atoms with Gasteiger partial charge in [-0.2, -0.15) is 0 Å². The van der Waals surface area contributed by atoms with E-state index < -0.39 is 0 Å². The monoisotopic (exact) mass is 417 g/mol. The van der Waals surface area contributed by atoms with Crippen molar-refractivity contribution in [1.29, 1.82) is 0 Å². The molecule has 0 saturated carbocycles. The van der Waals surface area contributed by atoms with Gasteiger partial charge >= 0.3 is 0 Å². The Hall–Kier alpha value is -1.68. The Labute approximate surface area is 184 Å². The second-order valence-electron chi connectivity index (χ2n) is 8.92. The molecule has 3 atom stereocenters. The number of aliphatic hydroxyl groups is 1. The van der Waals surface area contributed by atoms with Crippen molar-refractivity contribution in [2.75, 3.05) is 13.1 Å². The Balaban J connectivity index is 0.000000414. The fourth-order valence-corrected chi connectivity index (χ4v) is 4.13. The van der Waals surface area contributed by atoms with Crippen LogP contribution in [0.3, 0.4) is 0 Å². The SMILES string of the molecule is CCC(=O)N1CCCC1.CCC(O)C(C)CC(C)c1cc(CCC(C)=O)ccc1C. The molecule has 0 aliphatic carbocycles. The topological polar surface area (TPSA) is 57.6 Å². The largest absolute Gasteiger partial charge is 0.393 e. The molecule has 0 aromatic heterocycles. The highest BCUT2D eigenvalue weighted by atomic mass is 16.3. The van der Waals surface area contributed by atoms with Crippen molar-refractivity contribution >= 4 is 11.7 Å². The number of amides is 1. The molecule has 1 saturated heterocycles. The van der Waals surface area contributed by atoms with Gasteiger partial charge in [-0.25, -0.2) is 0 Å². The normalized spacial score (nSPS) is 16.4. The van der Waals surface area contributed by atoms with Crippen LogP contribution in [0.25, 0.3) is 0 Å². The molecule has 1 aliphatic rings. The van der Waals surface area contributed by atoms with Crippen LogP contribution < -0.4 is 0 Å². The Bertz CT molecular complexity index is 664. The summed E-state index contributed by atoms with van der Waals surface area (Å²) in [6, 6.07) is 6.52. The molecule has 1 aromatic rings. The standard InChI is InChI=1S/C19H30O2.C7H13NO/c1-6-19(21)15(4)11-14(3)18-12-17(9-7-13(18)2)10-8-16(5)20;1-2-7(9)8-5-3-4-6-8/h7,9,12,14-15,19,21H,6,8,10-11H2,1-5H3;2-6H2,1H3. The Morgan fingerprint density at radius 2 is 1.77 bits per heavy atom. The number of ketones is 1. The zero-order valence-corrected chi connectivity index (χ0v) is 20.0. The quantitative estimate of drug-likeness (QED) is 0.582. The van der Waals surface area contributed by atoms with E-state index >= 15 is 0 Å². The molecule has 170 valence electrons. The lowest BCUT2D eigenvalue weighted by Gasteiger charge is -2.23. The van der Waals surface area contributed by atoms with Crippen LogP contribution in [0.5, 0.6) is 0 Å². The van der Waals surface area contributed by atoms with Crippen LogP contribution in [0.15, 0.2) is 18.2 Å². The predicted molar refractivity (Wildman–Crippen MR) is 125 cm³/mol. The van der Waals surface area contributed by atoms with Gasteiger partial charge in [-0.05, 0) is 74.5 Å². The smallest absolute Gasteiger partial charge is 0.222 e. The van der Waals surface area contributed by atoms with Crippen molar-refractivity contribution in [2.24, 2.45) is 5.92 Å². The lowest BCUT2D eigenvalue weighted by atomic mass is 9.85. The molecular formula is C26H43NO3. The second-order valence-corrected chi connectivity index (χ2v) is 8.92. The van der Waals surface area contributed by atoms with Crippen LogP contribution in [0.1, 0.15) is 95.8 Å². The molecule has 1 N–H and O–H groups in total. The fourth-order valence-electron chi connectivity index (χ4n) is 4.13. The first-order chi connectivity index (χ1) is 14.2. The molecule has 0 bridgehead atoms. The number of hydrogen-bond acceptors (Lipinski definition) is 3.